The molecule has 4 nitrogen and oxygen atoms in total. The Morgan fingerprint density at radius 3 is 2.65 bits per heavy atom. The lowest BCUT2D eigenvalue weighted by molar-refractivity contribution is 0.232. The number of nitriles is 1. The minimum atomic E-state index is 0.0864. The summed E-state index contributed by atoms with van der Waals surface area (Å²) in [4.78, 5) is 2.20. The van der Waals surface area contributed by atoms with Gasteiger partial charge in [0.1, 0.15) is 11.8 Å². The molecule has 0 heterocycles. The van der Waals surface area contributed by atoms with Gasteiger partial charge in [0.2, 0.25) is 0 Å². The fourth-order valence-corrected chi connectivity index (χ4v) is 2.35. The summed E-state index contributed by atoms with van der Waals surface area (Å²) in [5.74, 6) is 0.784. The molecular weight excluding hydrogens is 250 g/mol. The molecule has 0 bridgehead atoms. The van der Waals surface area contributed by atoms with Crippen LogP contribution in [0.2, 0.25) is 0 Å². The Labute approximate surface area is 122 Å². The van der Waals surface area contributed by atoms with Crippen LogP contribution in [-0.2, 0) is 6.54 Å². The molecule has 0 radical (unpaired) electrons. The maximum absolute atomic E-state index is 8.59. The number of rotatable bonds is 8. The first kappa shape index (κ1) is 16.5. The predicted molar refractivity (Wildman–Crippen MR) is 81.6 cm³/mol. The van der Waals surface area contributed by atoms with Crippen LogP contribution in [0.15, 0.2) is 24.3 Å². The van der Waals surface area contributed by atoms with E-state index in [0.29, 0.717) is 0 Å². The van der Waals surface area contributed by atoms with Crippen molar-refractivity contribution < 1.29 is 4.74 Å². The lowest BCUT2D eigenvalue weighted by Gasteiger charge is -2.28. The average Bonchev–Trinajstić information content (AvgIpc) is 2.36. The molecule has 0 aromatic heterocycles. The van der Waals surface area contributed by atoms with Gasteiger partial charge < -0.3 is 15.0 Å². The summed E-state index contributed by atoms with van der Waals surface area (Å²) < 4.78 is 5.42. The molecule has 0 saturated heterocycles. The normalized spacial score (nSPS) is 11.4. The average molecular weight is 275 g/mol. The molecule has 0 atom stereocenters. The van der Waals surface area contributed by atoms with Crippen LogP contribution in [-0.4, -0.2) is 38.7 Å². The maximum Gasteiger partial charge on any atom is 0.174 e. The third kappa shape index (κ3) is 6.05. The number of para-hydroxylation sites is 1. The zero-order chi connectivity index (χ0) is 15.0. The Morgan fingerprint density at radius 1 is 1.30 bits per heavy atom. The van der Waals surface area contributed by atoms with E-state index in [0.717, 1.165) is 30.9 Å². The molecule has 0 fully saturated rings. The van der Waals surface area contributed by atoms with Crippen molar-refractivity contribution in [2.45, 2.75) is 20.4 Å². The van der Waals surface area contributed by atoms with E-state index in [1.54, 1.807) is 0 Å². The minimum Gasteiger partial charge on any atom is -0.478 e. The van der Waals surface area contributed by atoms with Crippen LogP contribution in [0.25, 0.3) is 0 Å². The highest BCUT2D eigenvalue weighted by molar-refractivity contribution is 5.33. The molecule has 1 aromatic rings. The third-order valence-corrected chi connectivity index (χ3v) is 2.93. The van der Waals surface area contributed by atoms with Crippen LogP contribution >= 0.6 is 0 Å². The van der Waals surface area contributed by atoms with E-state index in [9.17, 15) is 0 Å². The topological polar surface area (TPSA) is 48.3 Å². The van der Waals surface area contributed by atoms with Gasteiger partial charge in [0, 0.05) is 25.2 Å². The first-order valence-corrected chi connectivity index (χ1v) is 6.88. The molecule has 0 aliphatic rings. The highest BCUT2D eigenvalue weighted by Crippen LogP contribution is 2.19. The number of hydrogen-bond acceptors (Lipinski definition) is 4. The van der Waals surface area contributed by atoms with E-state index in [-0.39, 0.29) is 12.0 Å². The lowest BCUT2D eigenvalue weighted by Crippen LogP contribution is -2.37. The van der Waals surface area contributed by atoms with E-state index < -0.39 is 0 Å². The Balaban J connectivity index is 2.51. The molecule has 110 valence electrons. The van der Waals surface area contributed by atoms with Gasteiger partial charge in [-0.05, 0) is 25.6 Å². The van der Waals surface area contributed by atoms with E-state index in [1.807, 2.05) is 30.3 Å². The molecule has 1 aromatic carbocycles. The van der Waals surface area contributed by atoms with Gasteiger partial charge in [-0.1, -0.05) is 32.0 Å². The number of hydrogen-bond donors (Lipinski definition) is 1. The molecule has 0 unspecified atom stereocenters. The van der Waals surface area contributed by atoms with Gasteiger partial charge in [-0.25, -0.2) is 0 Å². The summed E-state index contributed by atoms with van der Waals surface area (Å²) in [7, 11) is 4.18. The van der Waals surface area contributed by atoms with Gasteiger partial charge >= 0.3 is 0 Å². The smallest absolute Gasteiger partial charge is 0.174 e. The van der Waals surface area contributed by atoms with Crippen molar-refractivity contribution >= 4 is 0 Å². The first-order chi connectivity index (χ1) is 9.44. The van der Waals surface area contributed by atoms with Gasteiger partial charge in [-0.3, -0.25) is 0 Å². The van der Waals surface area contributed by atoms with Gasteiger partial charge in [-0.15, -0.1) is 0 Å². The Kier molecular flexibility index (Phi) is 6.50. The summed E-state index contributed by atoms with van der Waals surface area (Å²) in [6, 6.07) is 9.84. The summed E-state index contributed by atoms with van der Waals surface area (Å²) in [5, 5.41) is 12.1. The second-order valence-electron chi connectivity index (χ2n) is 6.06. The Bertz CT molecular complexity index is 449. The Hall–Kier alpha value is -1.57. The molecule has 0 amide bonds. The highest BCUT2D eigenvalue weighted by atomic mass is 16.5. The van der Waals surface area contributed by atoms with Crippen LogP contribution in [0.4, 0.5) is 0 Å². The van der Waals surface area contributed by atoms with Crippen molar-refractivity contribution in [1.29, 1.82) is 5.26 Å². The summed E-state index contributed by atoms with van der Waals surface area (Å²) in [6.45, 7) is 7.29. The maximum atomic E-state index is 8.59. The van der Waals surface area contributed by atoms with E-state index in [4.69, 9.17) is 10.00 Å². The van der Waals surface area contributed by atoms with Crippen LogP contribution in [0, 0.1) is 16.7 Å². The zero-order valence-electron chi connectivity index (χ0n) is 12.9. The number of nitrogens with zero attached hydrogens (tertiary/aromatic N) is 2. The summed E-state index contributed by atoms with van der Waals surface area (Å²) in [6.07, 6.45) is 0. The van der Waals surface area contributed by atoms with Crippen molar-refractivity contribution in [3.05, 3.63) is 29.8 Å². The number of nitrogens with one attached hydrogen (secondary N) is 1. The molecule has 20 heavy (non-hydrogen) atoms. The third-order valence-electron chi connectivity index (χ3n) is 2.93. The number of ether oxygens (including phenoxy) is 1. The fraction of sp³-hybridized carbons (Fsp3) is 0.562. The minimum absolute atomic E-state index is 0.0864. The van der Waals surface area contributed by atoms with Crippen LogP contribution in [0.5, 0.6) is 5.75 Å². The van der Waals surface area contributed by atoms with Gasteiger partial charge in [0.15, 0.2) is 6.61 Å². The van der Waals surface area contributed by atoms with E-state index >= 15 is 0 Å². The quantitative estimate of drug-likeness (QED) is 0.790. The second-order valence-corrected chi connectivity index (χ2v) is 6.06. The molecule has 4 heteroatoms. The second kappa shape index (κ2) is 7.88. The SMILES string of the molecule is CN(C)CC(C)(C)CNCc1ccccc1OCC#N. The van der Waals surface area contributed by atoms with Gasteiger partial charge in [0.05, 0.1) is 0 Å². The van der Waals surface area contributed by atoms with Gasteiger partial charge in [0.25, 0.3) is 0 Å². The van der Waals surface area contributed by atoms with Crippen molar-refractivity contribution in [3.8, 4) is 11.8 Å². The van der Waals surface area contributed by atoms with E-state index in [1.165, 1.54) is 0 Å². The van der Waals surface area contributed by atoms with Gasteiger partial charge in [-0.2, -0.15) is 5.26 Å². The highest BCUT2D eigenvalue weighted by Gasteiger charge is 2.18. The molecule has 1 N–H and O–H groups in total. The van der Waals surface area contributed by atoms with Crippen molar-refractivity contribution in [2.24, 2.45) is 5.41 Å². The van der Waals surface area contributed by atoms with Crippen molar-refractivity contribution in [1.82, 2.24) is 10.2 Å². The largest absolute Gasteiger partial charge is 0.478 e. The predicted octanol–water partition coefficient (Wildman–Crippen LogP) is 2.27. The van der Waals surface area contributed by atoms with Crippen LogP contribution < -0.4 is 10.1 Å². The first-order valence-electron chi connectivity index (χ1n) is 6.88. The Morgan fingerprint density at radius 2 is 2.00 bits per heavy atom. The van der Waals surface area contributed by atoms with E-state index in [2.05, 4.69) is 38.2 Å². The van der Waals surface area contributed by atoms with Crippen molar-refractivity contribution in [2.75, 3.05) is 33.8 Å². The standard InChI is InChI=1S/C16H25N3O/c1-16(2,13-19(3)4)12-18-11-14-7-5-6-8-15(14)20-10-9-17/h5-8,18H,10-13H2,1-4H3. The molecule has 0 aliphatic heterocycles. The molecular formula is C16H25N3O. The zero-order valence-corrected chi connectivity index (χ0v) is 12.9. The lowest BCUT2D eigenvalue weighted by atomic mass is 9.93. The fourth-order valence-electron chi connectivity index (χ4n) is 2.35. The number of benzene rings is 1. The van der Waals surface area contributed by atoms with Crippen molar-refractivity contribution in [3.63, 3.8) is 0 Å². The molecule has 0 aliphatic carbocycles. The van der Waals surface area contributed by atoms with Crippen LogP contribution in [0.1, 0.15) is 19.4 Å². The summed E-state index contributed by atoms with van der Waals surface area (Å²) in [5.41, 5.74) is 1.30. The summed E-state index contributed by atoms with van der Waals surface area (Å²) >= 11 is 0. The van der Waals surface area contributed by atoms with Crippen LogP contribution in [0.3, 0.4) is 0 Å². The monoisotopic (exact) mass is 275 g/mol. The molecule has 0 saturated carbocycles. The molecule has 1 rings (SSSR count). The molecule has 0 spiro atoms.